The van der Waals surface area contributed by atoms with E-state index in [9.17, 15) is 14.4 Å². The van der Waals surface area contributed by atoms with Crippen molar-refractivity contribution in [2.45, 2.75) is 239 Å². The topological polar surface area (TPSA) is 88.1 Å². The third kappa shape index (κ3) is 25.1. The first-order valence-electron chi connectivity index (χ1n) is 26.3. The van der Waals surface area contributed by atoms with Gasteiger partial charge in [-0.15, -0.1) is 0 Å². The van der Waals surface area contributed by atoms with Crippen LogP contribution in [0.4, 0.5) is 0 Å². The number of hydrogen-bond donors (Lipinski definition) is 0. The molecule has 2 aromatic rings. The summed E-state index contributed by atoms with van der Waals surface area (Å²) >= 11 is 0. The zero-order valence-corrected chi connectivity index (χ0v) is 42.9. The Labute approximate surface area is 393 Å². The molecular formula is C56H94O7Si. The summed E-state index contributed by atoms with van der Waals surface area (Å²) in [5, 5.41) is 2.19. The molecule has 0 amide bonds. The van der Waals surface area contributed by atoms with Crippen molar-refractivity contribution >= 4 is 36.6 Å². The molecule has 0 aliphatic rings. The van der Waals surface area contributed by atoms with E-state index in [-0.39, 0.29) is 30.2 Å². The quantitative estimate of drug-likeness (QED) is 0.0285. The van der Waals surface area contributed by atoms with E-state index in [2.05, 4.69) is 83.1 Å². The Morgan fingerprint density at radius 2 is 0.828 bits per heavy atom. The highest BCUT2D eigenvalue weighted by atomic mass is 28.4. The molecule has 0 radical (unpaired) electrons. The van der Waals surface area contributed by atoms with E-state index in [4.69, 9.17) is 18.6 Å². The lowest BCUT2D eigenvalue weighted by Gasteiger charge is -2.43. The Morgan fingerprint density at radius 3 is 1.16 bits per heavy atom. The Kier molecular flexibility index (Phi) is 32.3. The SMILES string of the molecule is CCCCCCCCCCCCCCCC(=O)OCC(COC(=O)CCCCCCCCCCCCCCC)OC(=O)C(C)CCO[Si](c1ccccc1)(c1ccccc1)C(C)(C)C. The fraction of sp³-hybridized carbons (Fsp3) is 0.732. The van der Waals surface area contributed by atoms with Crippen LogP contribution in [0.15, 0.2) is 60.7 Å². The molecule has 7 nitrogen and oxygen atoms in total. The second kappa shape index (κ2) is 36.2. The molecule has 8 heteroatoms. The number of rotatable bonds is 40. The first-order valence-corrected chi connectivity index (χ1v) is 28.2. The van der Waals surface area contributed by atoms with Gasteiger partial charge in [-0.25, -0.2) is 0 Å². The van der Waals surface area contributed by atoms with Gasteiger partial charge in [-0.05, 0) is 34.7 Å². The minimum absolute atomic E-state index is 0.139. The minimum atomic E-state index is -2.76. The van der Waals surface area contributed by atoms with Gasteiger partial charge >= 0.3 is 17.9 Å². The lowest BCUT2D eigenvalue weighted by atomic mass is 10.0. The van der Waals surface area contributed by atoms with Gasteiger partial charge in [0.15, 0.2) is 6.10 Å². The molecule has 0 fully saturated rings. The summed E-state index contributed by atoms with van der Waals surface area (Å²) in [5.74, 6) is -1.52. The molecule has 0 bridgehead atoms. The minimum Gasteiger partial charge on any atom is -0.462 e. The summed E-state index contributed by atoms with van der Waals surface area (Å²) in [7, 11) is -2.76. The summed E-state index contributed by atoms with van der Waals surface area (Å²) in [5.41, 5.74) is 0. The maximum absolute atomic E-state index is 13.6. The van der Waals surface area contributed by atoms with Crippen LogP contribution in [0.5, 0.6) is 0 Å². The van der Waals surface area contributed by atoms with Crippen molar-refractivity contribution in [2.75, 3.05) is 19.8 Å². The standard InChI is InChI=1S/C56H94O7Si/c1-7-9-11-13-15-17-19-21-23-25-27-29-37-43-53(57)60-47-50(48-61-54(58)44-38-30-28-26-24-22-20-18-16-14-12-10-8-2)63-55(59)49(3)45-46-62-64(56(4,5)6,51-39-33-31-34-40-51)52-41-35-32-36-42-52/h31-36,39-42,49-50H,7-30,37-38,43-48H2,1-6H3. The Bertz CT molecular complexity index is 1360. The highest BCUT2D eigenvalue weighted by Gasteiger charge is 2.50. The number of esters is 3. The summed E-state index contributed by atoms with van der Waals surface area (Å²) in [6, 6.07) is 20.9. The van der Waals surface area contributed by atoms with Crippen molar-refractivity contribution in [3.63, 3.8) is 0 Å². The molecule has 0 aliphatic heterocycles. The molecule has 64 heavy (non-hydrogen) atoms. The average Bonchev–Trinajstić information content (AvgIpc) is 3.29. The van der Waals surface area contributed by atoms with Crippen molar-refractivity contribution in [2.24, 2.45) is 5.92 Å². The zero-order valence-electron chi connectivity index (χ0n) is 41.9. The number of benzene rings is 2. The van der Waals surface area contributed by atoms with Crippen molar-refractivity contribution in [1.82, 2.24) is 0 Å². The maximum atomic E-state index is 13.6. The molecule has 0 aliphatic carbocycles. The van der Waals surface area contributed by atoms with Crippen molar-refractivity contribution in [3.8, 4) is 0 Å². The van der Waals surface area contributed by atoms with Gasteiger partial charge in [-0.1, -0.05) is 256 Å². The fourth-order valence-electron chi connectivity index (χ4n) is 8.76. The summed E-state index contributed by atoms with van der Waals surface area (Å²) in [6.45, 7) is 13.2. The van der Waals surface area contributed by atoms with Gasteiger partial charge in [0.2, 0.25) is 0 Å². The molecule has 0 saturated heterocycles. The van der Waals surface area contributed by atoms with Crippen LogP contribution in [0.3, 0.4) is 0 Å². The molecule has 0 aromatic heterocycles. The second-order valence-electron chi connectivity index (χ2n) is 19.6. The highest BCUT2D eigenvalue weighted by Crippen LogP contribution is 2.37. The van der Waals surface area contributed by atoms with E-state index < -0.39 is 26.3 Å². The first kappa shape index (κ1) is 57.2. The van der Waals surface area contributed by atoms with Gasteiger partial charge in [-0.3, -0.25) is 14.4 Å². The van der Waals surface area contributed by atoms with Gasteiger partial charge in [-0.2, -0.15) is 0 Å². The van der Waals surface area contributed by atoms with E-state index >= 15 is 0 Å². The highest BCUT2D eigenvalue weighted by molar-refractivity contribution is 6.99. The Hall–Kier alpha value is -2.97. The predicted molar refractivity (Wildman–Crippen MR) is 270 cm³/mol. The number of carbonyl (C=O) groups excluding carboxylic acids is 3. The zero-order chi connectivity index (χ0) is 46.6. The third-order valence-electron chi connectivity index (χ3n) is 12.8. The average molecular weight is 907 g/mol. The van der Waals surface area contributed by atoms with E-state index in [0.717, 1.165) is 38.5 Å². The van der Waals surface area contributed by atoms with Crippen LogP contribution in [0.25, 0.3) is 0 Å². The van der Waals surface area contributed by atoms with Crippen molar-refractivity contribution in [1.29, 1.82) is 0 Å². The number of carbonyl (C=O) groups is 3. The number of hydrogen-bond acceptors (Lipinski definition) is 7. The monoisotopic (exact) mass is 907 g/mol. The van der Waals surface area contributed by atoms with Gasteiger partial charge < -0.3 is 18.6 Å². The van der Waals surface area contributed by atoms with Crippen molar-refractivity contribution < 1.29 is 33.0 Å². The molecule has 364 valence electrons. The van der Waals surface area contributed by atoms with E-state index in [0.29, 0.717) is 25.9 Å². The van der Waals surface area contributed by atoms with Crippen LogP contribution in [0.2, 0.25) is 5.04 Å². The number of ether oxygens (including phenoxy) is 3. The lowest BCUT2D eigenvalue weighted by Crippen LogP contribution is -2.66. The summed E-state index contributed by atoms with van der Waals surface area (Å²) in [4.78, 5) is 39.3. The van der Waals surface area contributed by atoms with Gasteiger partial charge in [0.25, 0.3) is 8.32 Å². The molecule has 0 N–H and O–H groups in total. The molecule has 2 rings (SSSR count). The Balaban J connectivity index is 1.87. The number of unbranched alkanes of at least 4 members (excludes halogenated alkanes) is 24. The van der Waals surface area contributed by atoms with E-state index in [1.807, 2.05) is 19.1 Å². The van der Waals surface area contributed by atoms with Crippen LogP contribution in [-0.2, 0) is 33.0 Å². The van der Waals surface area contributed by atoms with Crippen LogP contribution >= 0.6 is 0 Å². The Morgan fingerprint density at radius 1 is 0.500 bits per heavy atom. The third-order valence-corrected chi connectivity index (χ3v) is 17.8. The second-order valence-corrected chi connectivity index (χ2v) is 23.9. The van der Waals surface area contributed by atoms with Crippen LogP contribution in [0.1, 0.15) is 228 Å². The van der Waals surface area contributed by atoms with Gasteiger partial charge in [0, 0.05) is 19.4 Å². The van der Waals surface area contributed by atoms with E-state index in [1.165, 1.54) is 139 Å². The fourth-order valence-corrected chi connectivity index (χ4v) is 13.3. The molecular weight excluding hydrogens is 813 g/mol. The lowest BCUT2D eigenvalue weighted by molar-refractivity contribution is -0.169. The smallest absolute Gasteiger partial charge is 0.309 e. The normalized spacial score (nSPS) is 12.4. The van der Waals surface area contributed by atoms with E-state index in [1.54, 1.807) is 0 Å². The van der Waals surface area contributed by atoms with Gasteiger partial charge in [0.05, 0.1) is 5.92 Å². The largest absolute Gasteiger partial charge is 0.462 e. The molecule has 0 spiro atoms. The van der Waals surface area contributed by atoms with Crippen LogP contribution < -0.4 is 10.4 Å². The van der Waals surface area contributed by atoms with Crippen molar-refractivity contribution in [3.05, 3.63) is 60.7 Å². The van der Waals surface area contributed by atoms with Crippen LogP contribution in [0, 0.1) is 5.92 Å². The summed E-state index contributed by atoms with van der Waals surface area (Å²) < 4.78 is 24.3. The molecule has 0 heterocycles. The molecule has 2 aromatic carbocycles. The van der Waals surface area contributed by atoms with Gasteiger partial charge in [0.1, 0.15) is 13.2 Å². The maximum Gasteiger partial charge on any atom is 0.309 e. The summed E-state index contributed by atoms with van der Waals surface area (Å²) in [6.07, 6.45) is 32.4. The first-order chi connectivity index (χ1) is 31.0. The predicted octanol–water partition coefficient (Wildman–Crippen LogP) is 14.5. The molecule has 1 unspecified atom stereocenters. The molecule has 0 saturated carbocycles. The van der Waals surface area contributed by atoms with Crippen LogP contribution in [-0.4, -0.2) is 52.1 Å². The molecule has 1 atom stereocenters.